The molecule has 3 N–H and O–H groups in total. The van der Waals surface area contributed by atoms with Gasteiger partial charge in [0.15, 0.2) is 0 Å². The van der Waals surface area contributed by atoms with E-state index in [0.29, 0.717) is 18.0 Å². The molecule has 1 aromatic rings. The molecule has 1 aromatic carbocycles. The molecule has 5 heteroatoms. The molecule has 2 unspecified atom stereocenters. The number of carboxylic acid groups (broad SMARTS) is 1. The molecular formula is C13H16ClNO3. The summed E-state index contributed by atoms with van der Waals surface area (Å²) < 4.78 is 0. The molecule has 1 saturated heterocycles. The lowest BCUT2D eigenvalue weighted by atomic mass is 9.92. The summed E-state index contributed by atoms with van der Waals surface area (Å²) in [6.45, 7) is 4.21. The standard InChI is InChI=1S/C13H16ClNO3/c1-6-3-10(16)12(14)7(2)11(6)9-4-8(5-15-9)13(17)18/h3,8-9,15-16H,4-5H2,1-2H3,(H,17,18). The normalized spacial score (nSPS) is 23.3. The zero-order valence-corrected chi connectivity index (χ0v) is 11.1. The summed E-state index contributed by atoms with van der Waals surface area (Å²) in [7, 11) is 0. The molecule has 0 amide bonds. The number of phenolic OH excluding ortho intramolecular Hbond substituents is 1. The van der Waals surface area contributed by atoms with Gasteiger partial charge in [0.2, 0.25) is 0 Å². The number of nitrogens with one attached hydrogen (secondary N) is 1. The fourth-order valence-electron chi connectivity index (χ4n) is 2.63. The van der Waals surface area contributed by atoms with Crippen molar-refractivity contribution in [2.45, 2.75) is 26.3 Å². The Balaban J connectivity index is 2.36. The zero-order chi connectivity index (χ0) is 13.4. The van der Waals surface area contributed by atoms with Crippen LogP contribution in [0.1, 0.15) is 29.2 Å². The van der Waals surface area contributed by atoms with Crippen LogP contribution in [0.2, 0.25) is 5.02 Å². The van der Waals surface area contributed by atoms with Gasteiger partial charge in [-0.1, -0.05) is 11.6 Å². The Labute approximate surface area is 111 Å². The van der Waals surface area contributed by atoms with E-state index in [4.69, 9.17) is 16.7 Å². The Hall–Kier alpha value is -1.26. The number of phenols is 1. The van der Waals surface area contributed by atoms with E-state index < -0.39 is 5.97 Å². The Morgan fingerprint density at radius 1 is 1.50 bits per heavy atom. The molecule has 2 atom stereocenters. The number of rotatable bonds is 2. The number of hydrogen-bond acceptors (Lipinski definition) is 3. The van der Waals surface area contributed by atoms with E-state index in [0.717, 1.165) is 16.7 Å². The van der Waals surface area contributed by atoms with E-state index in [2.05, 4.69) is 5.32 Å². The summed E-state index contributed by atoms with van der Waals surface area (Å²) in [5.41, 5.74) is 2.75. The monoisotopic (exact) mass is 269 g/mol. The maximum atomic E-state index is 11.0. The third-order valence-corrected chi connectivity index (χ3v) is 4.04. The number of halogens is 1. The Bertz CT molecular complexity index is 501. The van der Waals surface area contributed by atoms with Crippen LogP contribution in [-0.4, -0.2) is 22.7 Å². The molecule has 0 aromatic heterocycles. The highest BCUT2D eigenvalue weighted by Gasteiger charge is 2.32. The summed E-state index contributed by atoms with van der Waals surface area (Å²) in [4.78, 5) is 11.0. The molecule has 1 fully saturated rings. The molecule has 4 nitrogen and oxygen atoms in total. The Kier molecular flexibility index (Phi) is 3.50. The van der Waals surface area contributed by atoms with Crippen molar-refractivity contribution < 1.29 is 15.0 Å². The van der Waals surface area contributed by atoms with Gasteiger partial charge in [-0.2, -0.15) is 0 Å². The van der Waals surface area contributed by atoms with Gasteiger partial charge in [0.25, 0.3) is 0 Å². The maximum absolute atomic E-state index is 11.0. The zero-order valence-electron chi connectivity index (χ0n) is 10.3. The maximum Gasteiger partial charge on any atom is 0.307 e. The molecular weight excluding hydrogens is 254 g/mol. The molecule has 1 aliphatic rings. The van der Waals surface area contributed by atoms with Crippen molar-refractivity contribution in [3.63, 3.8) is 0 Å². The van der Waals surface area contributed by atoms with Crippen LogP contribution in [0, 0.1) is 19.8 Å². The number of benzene rings is 1. The van der Waals surface area contributed by atoms with Gasteiger partial charge < -0.3 is 15.5 Å². The minimum atomic E-state index is -0.773. The average Bonchev–Trinajstić information content (AvgIpc) is 2.75. The van der Waals surface area contributed by atoms with E-state index in [1.807, 2.05) is 13.8 Å². The Morgan fingerprint density at radius 2 is 2.17 bits per heavy atom. The second-order valence-electron chi connectivity index (χ2n) is 4.80. The predicted octanol–water partition coefficient (Wildman–Crippen LogP) is 2.40. The number of carbonyl (C=O) groups is 1. The van der Waals surface area contributed by atoms with Gasteiger partial charge in [0, 0.05) is 12.6 Å². The predicted molar refractivity (Wildman–Crippen MR) is 69.1 cm³/mol. The lowest BCUT2D eigenvalue weighted by Gasteiger charge is -2.18. The summed E-state index contributed by atoms with van der Waals surface area (Å²) >= 11 is 6.04. The summed E-state index contributed by atoms with van der Waals surface area (Å²) in [5, 5.41) is 22.2. The minimum absolute atomic E-state index is 0.0100. The third-order valence-electron chi connectivity index (χ3n) is 3.56. The second-order valence-corrected chi connectivity index (χ2v) is 5.17. The Morgan fingerprint density at radius 3 is 2.72 bits per heavy atom. The topological polar surface area (TPSA) is 69.6 Å². The fourth-order valence-corrected chi connectivity index (χ4v) is 2.79. The van der Waals surface area contributed by atoms with Crippen LogP contribution < -0.4 is 5.32 Å². The fraction of sp³-hybridized carbons (Fsp3) is 0.462. The number of hydrogen-bond donors (Lipinski definition) is 3. The van der Waals surface area contributed by atoms with Gasteiger partial charge in [-0.15, -0.1) is 0 Å². The van der Waals surface area contributed by atoms with E-state index in [1.54, 1.807) is 6.07 Å². The van der Waals surface area contributed by atoms with Crippen LogP contribution in [0.15, 0.2) is 6.07 Å². The van der Waals surface area contributed by atoms with E-state index in [-0.39, 0.29) is 17.7 Å². The first-order valence-electron chi connectivity index (χ1n) is 5.86. The van der Waals surface area contributed by atoms with E-state index in [1.165, 1.54) is 0 Å². The molecule has 0 saturated carbocycles. The second kappa shape index (κ2) is 4.78. The average molecular weight is 270 g/mol. The lowest BCUT2D eigenvalue weighted by Crippen LogP contribution is -2.18. The van der Waals surface area contributed by atoms with Crippen LogP contribution in [0.5, 0.6) is 5.75 Å². The number of aliphatic carboxylic acids is 1. The van der Waals surface area contributed by atoms with Gasteiger partial charge in [-0.05, 0) is 43.0 Å². The highest BCUT2D eigenvalue weighted by molar-refractivity contribution is 6.32. The molecule has 1 aliphatic heterocycles. The summed E-state index contributed by atoms with van der Waals surface area (Å²) in [5.74, 6) is -1.06. The van der Waals surface area contributed by atoms with Gasteiger partial charge in [-0.3, -0.25) is 4.79 Å². The summed E-state index contributed by atoms with van der Waals surface area (Å²) in [6.07, 6.45) is 0.554. The largest absolute Gasteiger partial charge is 0.506 e. The van der Waals surface area contributed by atoms with Crippen LogP contribution in [0.25, 0.3) is 0 Å². The highest BCUT2D eigenvalue weighted by Crippen LogP contribution is 2.38. The lowest BCUT2D eigenvalue weighted by molar-refractivity contribution is -0.141. The van der Waals surface area contributed by atoms with Crippen LogP contribution in [0.3, 0.4) is 0 Å². The first-order chi connectivity index (χ1) is 8.41. The first-order valence-corrected chi connectivity index (χ1v) is 6.24. The number of aromatic hydroxyl groups is 1. The molecule has 0 spiro atoms. The van der Waals surface area contributed by atoms with E-state index >= 15 is 0 Å². The van der Waals surface area contributed by atoms with E-state index in [9.17, 15) is 9.90 Å². The quantitative estimate of drug-likeness (QED) is 0.771. The molecule has 0 aliphatic carbocycles. The van der Waals surface area contributed by atoms with Gasteiger partial charge in [-0.25, -0.2) is 0 Å². The molecule has 2 rings (SSSR count). The minimum Gasteiger partial charge on any atom is -0.506 e. The SMILES string of the molecule is Cc1cc(O)c(Cl)c(C)c1C1CC(C(=O)O)CN1. The van der Waals surface area contributed by atoms with Crippen molar-refractivity contribution in [3.8, 4) is 5.75 Å². The highest BCUT2D eigenvalue weighted by atomic mass is 35.5. The van der Waals surface area contributed by atoms with Crippen molar-refractivity contribution in [1.82, 2.24) is 5.32 Å². The molecule has 98 valence electrons. The molecule has 1 heterocycles. The van der Waals surface area contributed by atoms with Gasteiger partial charge >= 0.3 is 5.97 Å². The third kappa shape index (κ3) is 2.18. The van der Waals surface area contributed by atoms with Crippen molar-refractivity contribution in [1.29, 1.82) is 0 Å². The van der Waals surface area contributed by atoms with Gasteiger partial charge in [0.1, 0.15) is 5.75 Å². The first kappa shape index (κ1) is 13.2. The van der Waals surface area contributed by atoms with Crippen LogP contribution >= 0.6 is 11.6 Å². The van der Waals surface area contributed by atoms with Crippen LogP contribution in [-0.2, 0) is 4.79 Å². The van der Waals surface area contributed by atoms with Gasteiger partial charge in [0.05, 0.1) is 10.9 Å². The van der Waals surface area contributed by atoms with Crippen molar-refractivity contribution in [2.24, 2.45) is 5.92 Å². The number of carboxylic acids is 1. The summed E-state index contributed by atoms with van der Waals surface area (Å²) in [6, 6.07) is 1.62. The van der Waals surface area contributed by atoms with Crippen molar-refractivity contribution in [2.75, 3.05) is 6.54 Å². The smallest absolute Gasteiger partial charge is 0.307 e. The van der Waals surface area contributed by atoms with Crippen molar-refractivity contribution in [3.05, 3.63) is 27.8 Å². The van der Waals surface area contributed by atoms with Crippen LogP contribution in [0.4, 0.5) is 0 Å². The molecule has 0 bridgehead atoms. The number of aryl methyl sites for hydroxylation is 1. The molecule has 0 radical (unpaired) electrons. The van der Waals surface area contributed by atoms with Crippen molar-refractivity contribution >= 4 is 17.6 Å². The molecule has 18 heavy (non-hydrogen) atoms.